The standard InChI is InChI=1S/C29H29N5O3/c1-17-12-20(29(35)34(4)5)16-32-27(17)25-14-24-28(37-25)26(18(2)15-31-24)19-6-7-22(23(13-19)30-3)33-21-8-10-36-11-9-21/h6-7,12-16,21,33H,8-11H2,1-2,4-5H3. The number of fused-ring (bicyclic) bond motifs is 1. The minimum Gasteiger partial charge on any atom is -0.452 e. The highest BCUT2D eigenvalue weighted by Crippen LogP contribution is 2.39. The van der Waals surface area contributed by atoms with Crippen molar-refractivity contribution in [3.8, 4) is 22.6 Å². The van der Waals surface area contributed by atoms with Crippen molar-refractivity contribution in [3.05, 3.63) is 70.8 Å². The summed E-state index contributed by atoms with van der Waals surface area (Å²) in [5.74, 6) is 0.482. The molecule has 1 aromatic carbocycles. The van der Waals surface area contributed by atoms with Crippen molar-refractivity contribution in [2.75, 3.05) is 32.6 Å². The lowest BCUT2D eigenvalue weighted by molar-refractivity contribution is 0.0827. The first kappa shape index (κ1) is 24.5. The molecule has 8 nitrogen and oxygen atoms in total. The monoisotopic (exact) mass is 495 g/mol. The molecule has 0 atom stereocenters. The van der Waals surface area contributed by atoms with Crippen molar-refractivity contribution < 1.29 is 13.9 Å². The Labute approximate surface area is 216 Å². The molecular weight excluding hydrogens is 466 g/mol. The van der Waals surface area contributed by atoms with E-state index in [-0.39, 0.29) is 5.91 Å². The van der Waals surface area contributed by atoms with E-state index in [4.69, 9.17) is 15.7 Å². The van der Waals surface area contributed by atoms with Crippen LogP contribution in [0.3, 0.4) is 0 Å². The molecule has 1 saturated heterocycles. The highest BCUT2D eigenvalue weighted by molar-refractivity contribution is 5.96. The number of pyridine rings is 2. The predicted molar refractivity (Wildman–Crippen MR) is 144 cm³/mol. The molecule has 3 aromatic heterocycles. The quantitative estimate of drug-likeness (QED) is 0.341. The number of ether oxygens (including phenoxy) is 1. The molecule has 0 unspecified atom stereocenters. The normalized spacial score (nSPS) is 13.9. The highest BCUT2D eigenvalue weighted by atomic mass is 16.5. The summed E-state index contributed by atoms with van der Waals surface area (Å²) in [7, 11) is 3.43. The summed E-state index contributed by atoms with van der Waals surface area (Å²) in [5.41, 5.74) is 7.52. The fourth-order valence-corrected chi connectivity index (χ4v) is 4.71. The zero-order chi connectivity index (χ0) is 26.1. The summed E-state index contributed by atoms with van der Waals surface area (Å²) in [6, 6.07) is 9.90. The number of benzene rings is 1. The summed E-state index contributed by atoms with van der Waals surface area (Å²) < 4.78 is 11.8. The van der Waals surface area contributed by atoms with Crippen LogP contribution in [0, 0.1) is 20.4 Å². The lowest BCUT2D eigenvalue weighted by Gasteiger charge is -2.25. The number of carbonyl (C=O) groups is 1. The molecule has 37 heavy (non-hydrogen) atoms. The molecule has 4 aromatic rings. The van der Waals surface area contributed by atoms with Crippen LogP contribution >= 0.6 is 0 Å². The number of rotatable bonds is 5. The minimum absolute atomic E-state index is 0.100. The van der Waals surface area contributed by atoms with Crippen LogP contribution in [0.1, 0.15) is 34.3 Å². The number of amides is 1. The maximum Gasteiger partial charge on any atom is 0.254 e. The predicted octanol–water partition coefficient (Wildman–Crippen LogP) is 6.02. The van der Waals surface area contributed by atoms with E-state index in [2.05, 4.69) is 20.1 Å². The minimum atomic E-state index is -0.100. The van der Waals surface area contributed by atoms with Crippen molar-refractivity contribution in [1.29, 1.82) is 0 Å². The topological polar surface area (TPSA) is 84.9 Å². The van der Waals surface area contributed by atoms with E-state index in [0.29, 0.717) is 39.8 Å². The van der Waals surface area contributed by atoms with Gasteiger partial charge in [-0.1, -0.05) is 6.07 Å². The molecule has 4 heterocycles. The van der Waals surface area contributed by atoms with E-state index in [1.807, 2.05) is 50.4 Å². The van der Waals surface area contributed by atoms with Gasteiger partial charge in [-0.05, 0) is 61.6 Å². The Bertz CT molecular complexity index is 1530. The second kappa shape index (κ2) is 10.0. The van der Waals surface area contributed by atoms with Gasteiger partial charge in [0.05, 0.1) is 12.1 Å². The molecule has 1 aliphatic rings. The maximum absolute atomic E-state index is 12.3. The second-order valence-electron chi connectivity index (χ2n) is 9.61. The van der Waals surface area contributed by atoms with Crippen LogP contribution in [0.15, 0.2) is 47.1 Å². The molecular formula is C29H29N5O3. The Morgan fingerprint density at radius 1 is 1.08 bits per heavy atom. The number of furan rings is 1. The van der Waals surface area contributed by atoms with Gasteiger partial charge in [-0.3, -0.25) is 14.8 Å². The molecule has 1 fully saturated rings. The number of aromatic nitrogens is 2. The van der Waals surface area contributed by atoms with Gasteiger partial charge in [-0.2, -0.15) is 0 Å². The van der Waals surface area contributed by atoms with E-state index < -0.39 is 0 Å². The smallest absolute Gasteiger partial charge is 0.254 e. The molecule has 1 amide bonds. The molecule has 1 N–H and O–H groups in total. The lowest BCUT2D eigenvalue weighted by atomic mass is 9.99. The first-order valence-electron chi connectivity index (χ1n) is 12.3. The molecule has 0 spiro atoms. The number of hydrogen-bond donors (Lipinski definition) is 1. The van der Waals surface area contributed by atoms with Gasteiger partial charge >= 0.3 is 0 Å². The van der Waals surface area contributed by atoms with E-state index in [1.165, 1.54) is 4.90 Å². The third-order valence-corrected chi connectivity index (χ3v) is 6.68. The second-order valence-corrected chi connectivity index (χ2v) is 9.61. The zero-order valence-electron chi connectivity index (χ0n) is 21.5. The van der Waals surface area contributed by atoms with E-state index in [0.717, 1.165) is 54.0 Å². The van der Waals surface area contributed by atoms with Gasteiger partial charge in [0, 0.05) is 63.1 Å². The van der Waals surface area contributed by atoms with Crippen LogP contribution in [-0.2, 0) is 4.74 Å². The van der Waals surface area contributed by atoms with Gasteiger partial charge in [0.15, 0.2) is 11.3 Å². The molecule has 0 aliphatic carbocycles. The molecule has 8 heteroatoms. The Hall–Kier alpha value is -4.22. The van der Waals surface area contributed by atoms with Crippen molar-refractivity contribution in [1.82, 2.24) is 14.9 Å². The summed E-state index contributed by atoms with van der Waals surface area (Å²) in [6.07, 6.45) is 5.25. The number of aryl methyl sites for hydroxylation is 2. The number of nitrogens with zero attached hydrogens (tertiary/aromatic N) is 4. The first-order valence-corrected chi connectivity index (χ1v) is 12.3. The number of anilines is 1. The molecule has 5 rings (SSSR count). The molecule has 0 radical (unpaired) electrons. The zero-order valence-corrected chi connectivity index (χ0v) is 21.5. The third kappa shape index (κ3) is 4.78. The van der Waals surface area contributed by atoms with E-state index >= 15 is 0 Å². The Balaban J connectivity index is 1.53. The molecule has 1 aliphatic heterocycles. The average Bonchev–Trinajstić information content (AvgIpc) is 3.33. The Morgan fingerprint density at radius 2 is 1.86 bits per heavy atom. The summed E-state index contributed by atoms with van der Waals surface area (Å²) in [4.78, 5) is 26.8. The Morgan fingerprint density at radius 3 is 2.57 bits per heavy atom. The van der Waals surface area contributed by atoms with Gasteiger partial charge in [0.25, 0.3) is 5.91 Å². The molecule has 0 saturated carbocycles. The SMILES string of the molecule is [C-]#[N+]c1cc(-c2c(C)cnc3cc(-c4ncc(C(=O)N(C)C)cc4C)oc23)ccc1NC1CCOCC1. The van der Waals surface area contributed by atoms with Gasteiger partial charge in [-0.15, -0.1) is 0 Å². The van der Waals surface area contributed by atoms with Crippen molar-refractivity contribution in [2.45, 2.75) is 32.7 Å². The van der Waals surface area contributed by atoms with Crippen molar-refractivity contribution in [3.63, 3.8) is 0 Å². The van der Waals surface area contributed by atoms with Crippen LogP contribution in [0.4, 0.5) is 11.4 Å². The Kier molecular flexibility index (Phi) is 6.64. The van der Waals surface area contributed by atoms with Crippen LogP contribution in [-0.4, -0.2) is 54.1 Å². The molecule has 0 bridgehead atoms. The van der Waals surface area contributed by atoms with Gasteiger partial charge in [0.2, 0.25) is 5.69 Å². The maximum atomic E-state index is 12.3. The fraction of sp³-hybridized carbons (Fsp3) is 0.310. The van der Waals surface area contributed by atoms with Crippen LogP contribution < -0.4 is 5.32 Å². The number of carbonyl (C=O) groups excluding carboxylic acids is 1. The summed E-state index contributed by atoms with van der Waals surface area (Å²) >= 11 is 0. The van der Waals surface area contributed by atoms with E-state index in [1.54, 1.807) is 20.3 Å². The summed E-state index contributed by atoms with van der Waals surface area (Å²) in [6.45, 7) is 13.2. The lowest BCUT2D eigenvalue weighted by Crippen LogP contribution is -2.27. The third-order valence-electron chi connectivity index (χ3n) is 6.68. The van der Waals surface area contributed by atoms with Crippen molar-refractivity contribution >= 4 is 28.4 Å². The van der Waals surface area contributed by atoms with Gasteiger partial charge in [-0.25, -0.2) is 4.85 Å². The van der Waals surface area contributed by atoms with E-state index in [9.17, 15) is 4.79 Å². The fourth-order valence-electron chi connectivity index (χ4n) is 4.71. The van der Waals surface area contributed by atoms with Crippen LogP contribution in [0.2, 0.25) is 0 Å². The average molecular weight is 496 g/mol. The van der Waals surface area contributed by atoms with Gasteiger partial charge < -0.3 is 19.4 Å². The largest absolute Gasteiger partial charge is 0.452 e. The highest BCUT2D eigenvalue weighted by Gasteiger charge is 2.20. The molecule has 188 valence electrons. The van der Waals surface area contributed by atoms with Gasteiger partial charge in [0.1, 0.15) is 11.2 Å². The van der Waals surface area contributed by atoms with Crippen LogP contribution in [0.25, 0.3) is 38.5 Å². The number of nitrogens with one attached hydrogen (secondary N) is 1. The van der Waals surface area contributed by atoms with Crippen LogP contribution in [0.5, 0.6) is 0 Å². The first-order chi connectivity index (χ1) is 17.9. The number of hydrogen-bond acceptors (Lipinski definition) is 6. The summed E-state index contributed by atoms with van der Waals surface area (Å²) in [5, 5.41) is 3.52. The van der Waals surface area contributed by atoms with Crippen molar-refractivity contribution in [2.24, 2.45) is 0 Å².